The summed E-state index contributed by atoms with van der Waals surface area (Å²) in [4.78, 5) is 14.4. The molecule has 1 aliphatic heterocycles. The molecule has 5 nitrogen and oxygen atoms in total. The van der Waals surface area contributed by atoms with E-state index in [1.54, 1.807) is 12.3 Å². The topological polar surface area (TPSA) is 68.4 Å². The van der Waals surface area contributed by atoms with Gasteiger partial charge in [-0.15, -0.1) is 0 Å². The summed E-state index contributed by atoms with van der Waals surface area (Å²) in [5, 5.41) is 10.6. The highest BCUT2D eigenvalue weighted by molar-refractivity contribution is 7.88. The third kappa shape index (κ3) is 3.47. The largest absolute Gasteiger partial charge is 0.244 e. The Bertz CT molecular complexity index is 449. The van der Waals surface area contributed by atoms with Crippen molar-refractivity contribution in [2.75, 3.05) is 5.75 Å². The summed E-state index contributed by atoms with van der Waals surface area (Å²) in [5.41, 5.74) is 1.07. The van der Waals surface area contributed by atoms with Gasteiger partial charge in [0.1, 0.15) is 5.15 Å². The molecule has 0 amide bonds. The van der Waals surface area contributed by atoms with E-state index in [0.717, 1.165) is 30.6 Å². The van der Waals surface area contributed by atoms with Crippen LogP contribution in [0.3, 0.4) is 0 Å². The second-order valence-electron chi connectivity index (χ2n) is 3.88. The van der Waals surface area contributed by atoms with Crippen molar-refractivity contribution in [1.82, 2.24) is 4.98 Å². The molecule has 1 fully saturated rings. The minimum atomic E-state index is -0.554. The minimum Gasteiger partial charge on any atom is -0.244 e. The maximum atomic E-state index is 10.4. The van der Waals surface area contributed by atoms with Crippen LogP contribution in [0.15, 0.2) is 22.8 Å². The van der Waals surface area contributed by atoms with Crippen molar-refractivity contribution in [3.63, 3.8) is 0 Å². The lowest BCUT2D eigenvalue weighted by Gasteiger charge is -2.09. The Morgan fingerprint density at radius 1 is 1.65 bits per heavy atom. The van der Waals surface area contributed by atoms with Crippen LogP contribution in [0.25, 0.3) is 0 Å². The van der Waals surface area contributed by atoms with Gasteiger partial charge in [-0.1, -0.05) is 17.7 Å². The van der Waals surface area contributed by atoms with Crippen molar-refractivity contribution in [3.05, 3.63) is 39.2 Å². The Balaban J connectivity index is 2.07. The molecule has 1 saturated heterocycles. The number of hydrogen-bond donors (Lipinski definition) is 0. The molecular formula is C10H12ClN3O2S. The van der Waals surface area contributed by atoms with Gasteiger partial charge in [0, 0.05) is 17.2 Å². The van der Waals surface area contributed by atoms with Gasteiger partial charge in [-0.3, -0.25) is 0 Å². The molecule has 2 heterocycles. The predicted octanol–water partition coefficient (Wildman–Crippen LogP) is 2.43. The molecule has 17 heavy (non-hydrogen) atoms. The third-order valence-corrected chi connectivity index (χ3v) is 5.13. The van der Waals surface area contributed by atoms with E-state index in [-0.39, 0.29) is 5.25 Å². The first-order valence-electron chi connectivity index (χ1n) is 5.31. The van der Waals surface area contributed by atoms with E-state index in [2.05, 4.69) is 9.46 Å². The highest BCUT2D eigenvalue weighted by atomic mass is 35.5. The van der Waals surface area contributed by atoms with Crippen LogP contribution in [-0.2, 0) is 17.1 Å². The SMILES string of the molecule is O=[N+]([O-])N=S1CCCC1Cc1ccc(Cl)nc1. The summed E-state index contributed by atoms with van der Waals surface area (Å²) in [7, 11) is -0.436. The number of nitrogens with zero attached hydrogens (tertiary/aromatic N) is 3. The highest BCUT2D eigenvalue weighted by Gasteiger charge is 2.24. The summed E-state index contributed by atoms with van der Waals surface area (Å²) in [6.45, 7) is 0. The van der Waals surface area contributed by atoms with Crippen LogP contribution in [0.2, 0.25) is 5.15 Å². The van der Waals surface area contributed by atoms with Gasteiger partial charge in [0.05, 0.1) is 4.47 Å². The summed E-state index contributed by atoms with van der Waals surface area (Å²) in [5.74, 6) is 0.840. The van der Waals surface area contributed by atoms with Crippen LogP contribution >= 0.6 is 11.6 Å². The molecule has 1 aromatic rings. The zero-order chi connectivity index (χ0) is 12.3. The number of halogens is 1. The molecule has 2 unspecified atom stereocenters. The van der Waals surface area contributed by atoms with Crippen molar-refractivity contribution < 1.29 is 5.03 Å². The number of hydrogen-bond acceptors (Lipinski definition) is 3. The van der Waals surface area contributed by atoms with Gasteiger partial charge in [-0.25, -0.2) is 15.1 Å². The molecule has 0 saturated carbocycles. The van der Waals surface area contributed by atoms with Crippen molar-refractivity contribution in [2.45, 2.75) is 24.5 Å². The van der Waals surface area contributed by atoms with Crippen LogP contribution in [0, 0.1) is 10.1 Å². The molecule has 0 aromatic carbocycles. The fourth-order valence-electron chi connectivity index (χ4n) is 1.94. The average molecular weight is 274 g/mol. The first kappa shape index (κ1) is 12.4. The molecule has 0 aliphatic carbocycles. The zero-order valence-corrected chi connectivity index (χ0v) is 10.7. The lowest BCUT2D eigenvalue weighted by Crippen LogP contribution is -2.13. The minimum absolute atomic E-state index is 0.281. The van der Waals surface area contributed by atoms with Crippen LogP contribution in [0.4, 0.5) is 0 Å². The average Bonchev–Trinajstić information content (AvgIpc) is 2.68. The fraction of sp³-hybridized carbons (Fsp3) is 0.500. The summed E-state index contributed by atoms with van der Waals surface area (Å²) in [6.07, 6.45) is 4.55. The van der Waals surface area contributed by atoms with Crippen molar-refractivity contribution in [2.24, 2.45) is 4.47 Å². The Labute approximate surface area is 106 Å². The van der Waals surface area contributed by atoms with Gasteiger partial charge in [0.15, 0.2) is 5.03 Å². The van der Waals surface area contributed by atoms with Gasteiger partial charge in [-0.05, 0) is 41.6 Å². The second kappa shape index (κ2) is 5.55. The Hall–Kier alpha value is -1.01. The molecule has 0 spiro atoms. The number of aromatic nitrogens is 1. The smallest absolute Gasteiger partial charge is 0.197 e. The maximum Gasteiger partial charge on any atom is 0.197 e. The van der Waals surface area contributed by atoms with Gasteiger partial charge in [-0.2, -0.15) is 0 Å². The van der Waals surface area contributed by atoms with Gasteiger partial charge in [0.25, 0.3) is 0 Å². The molecule has 2 atom stereocenters. The predicted molar refractivity (Wildman–Crippen MR) is 67.6 cm³/mol. The maximum absolute atomic E-state index is 10.4. The third-order valence-electron chi connectivity index (χ3n) is 2.69. The fourth-order valence-corrected chi connectivity index (χ4v) is 4.06. The molecule has 0 bridgehead atoms. The van der Waals surface area contributed by atoms with Crippen LogP contribution in [-0.4, -0.2) is 21.0 Å². The van der Waals surface area contributed by atoms with E-state index >= 15 is 0 Å². The van der Waals surface area contributed by atoms with Crippen LogP contribution < -0.4 is 0 Å². The van der Waals surface area contributed by atoms with E-state index in [4.69, 9.17) is 11.6 Å². The molecule has 2 rings (SSSR count). The van der Waals surface area contributed by atoms with E-state index in [9.17, 15) is 10.1 Å². The number of nitro groups is 1. The lowest BCUT2D eigenvalue weighted by molar-refractivity contribution is -0.481. The zero-order valence-electron chi connectivity index (χ0n) is 9.08. The Morgan fingerprint density at radius 2 is 2.47 bits per heavy atom. The summed E-state index contributed by atoms with van der Waals surface area (Å²) < 4.78 is 3.58. The van der Waals surface area contributed by atoms with Crippen molar-refractivity contribution in [1.29, 1.82) is 0 Å². The lowest BCUT2D eigenvalue weighted by atomic mass is 10.1. The molecule has 0 radical (unpaired) electrons. The van der Waals surface area contributed by atoms with E-state index < -0.39 is 15.7 Å². The van der Waals surface area contributed by atoms with Gasteiger partial charge in [0.2, 0.25) is 0 Å². The Morgan fingerprint density at radius 3 is 3.12 bits per heavy atom. The summed E-state index contributed by atoms with van der Waals surface area (Å²) in [6, 6.07) is 3.66. The van der Waals surface area contributed by atoms with Crippen LogP contribution in [0.1, 0.15) is 18.4 Å². The highest BCUT2D eigenvalue weighted by Crippen LogP contribution is 2.22. The molecule has 92 valence electrons. The molecular weight excluding hydrogens is 262 g/mol. The Kier molecular flexibility index (Phi) is 4.06. The van der Waals surface area contributed by atoms with E-state index in [0.29, 0.717) is 5.15 Å². The standard InChI is InChI=1S/C10H12ClN3O2S/c11-10-4-3-8(7-12-10)6-9-2-1-5-17(9)13-14(15)16/h3-4,7,9H,1-2,5-6H2. The van der Waals surface area contributed by atoms with Crippen LogP contribution in [0.5, 0.6) is 0 Å². The normalized spacial score (nSPS) is 24.1. The molecule has 1 aromatic heterocycles. The number of pyridine rings is 1. The quantitative estimate of drug-likeness (QED) is 0.482. The van der Waals surface area contributed by atoms with E-state index in [1.807, 2.05) is 6.07 Å². The second-order valence-corrected chi connectivity index (χ2v) is 6.31. The number of rotatable bonds is 3. The first-order valence-corrected chi connectivity index (χ1v) is 7.10. The summed E-state index contributed by atoms with van der Waals surface area (Å²) >= 11 is 5.71. The first-order chi connectivity index (χ1) is 8.15. The molecule has 7 heteroatoms. The van der Waals surface area contributed by atoms with Crippen molar-refractivity contribution in [3.8, 4) is 0 Å². The molecule has 0 N–H and O–H groups in total. The monoisotopic (exact) mass is 273 g/mol. The van der Waals surface area contributed by atoms with Gasteiger partial charge >= 0.3 is 0 Å². The van der Waals surface area contributed by atoms with E-state index in [1.165, 1.54) is 0 Å². The molecule has 1 aliphatic rings. The van der Waals surface area contributed by atoms with Crippen molar-refractivity contribution >= 4 is 22.3 Å². The van der Waals surface area contributed by atoms with Gasteiger partial charge < -0.3 is 0 Å².